The molecule has 1 fully saturated rings. The van der Waals surface area contributed by atoms with Gasteiger partial charge in [0, 0.05) is 10.9 Å². The van der Waals surface area contributed by atoms with Gasteiger partial charge < -0.3 is 9.67 Å². The van der Waals surface area contributed by atoms with Gasteiger partial charge in [-0.3, -0.25) is 0 Å². The lowest BCUT2D eigenvalue weighted by atomic mass is 10.0. The standard InChI is InChI=1S/C20H21BrN2O3S/c21-16-5-3-4-15(11-16)19(24)12-23-18-7-2-1-6-17(18)22-20(23)10-14-8-9-27(25,26)13-14/h1-7,11,14,19,24H,8-10,12-13H2/t14-,19-/m0/s1. The van der Waals surface area contributed by atoms with Crippen LogP contribution in [0.1, 0.15) is 23.9 Å². The molecule has 0 saturated carbocycles. The number of hydrogen-bond acceptors (Lipinski definition) is 4. The largest absolute Gasteiger partial charge is 0.387 e. The maximum absolute atomic E-state index is 11.8. The van der Waals surface area contributed by atoms with Gasteiger partial charge >= 0.3 is 0 Å². The van der Waals surface area contributed by atoms with Crippen molar-refractivity contribution in [3.63, 3.8) is 0 Å². The van der Waals surface area contributed by atoms with E-state index in [-0.39, 0.29) is 17.4 Å². The molecule has 27 heavy (non-hydrogen) atoms. The van der Waals surface area contributed by atoms with Crippen molar-refractivity contribution >= 4 is 36.8 Å². The van der Waals surface area contributed by atoms with Crippen molar-refractivity contribution in [1.29, 1.82) is 0 Å². The molecule has 7 heteroatoms. The molecule has 1 saturated heterocycles. The van der Waals surface area contributed by atoms with E-state index in [1.165, 1.54) is 0 Å². The van der Waals surface area contributed by atoms with Crippen LogP contribution in [0.4, 0.5) is 0 Å². The number of aliphatic hydroxyl groups is 1. The van der Waals surface area contributed by atoms with Gasteiger partial charge in [-0.1, -0.05) is 40.2 Å². The second kappa shape index (κ2) is 7.37. The highest BCUT2D eigenvalue weighted by atomic mass is 79.9. The Kier molecular flexibility index (Phi) is 5.09. The monoisotopic (exact) mass is 448 g/mol. The number of benzene rings is 2. The van der Waals surface area contributed by atoms with Gasteiger partial charge in [-0.15, -0.1) is 0 Å². The third-order valence-electron chi connectivity index (χ3n) is 5.12. The summed E-state index contributed by atoms with van der Waals surface area (Å²) in [5.74, 6) is 1.42. The zero-order valence-electron chi connectivity index (χ0n) is 14.8. The number of para-hydroxylation sites is 2. The van der Waals surface area contributed by atoms with Crippen LogP contribution in [-0.2, 0) is 22.8 Å². The van der Waals surface area contributed by atoms with E-state index >= 15 is 0 Å². The van der Waals surface area contributed by atoms with Crippen LogP contribution >= 0.6 is 15.9 Å². The van der Waals surface area contributed by atoms with Crippen LogP contribution in [0.5, 0.6) is 0 Å². The molecule has 5 nitrogen and oxygen atoms in total. The molecule has 1 N–H and O–H groups in total. The fraction of sp³-hybridized carbons (Fsp3) is 0.350. The van der Waals surface area contributed by atoms with E-state index in [1.54, 1.807) is 0 Å². The summed E-state index contributed by atoms with van der Waals surface area (Å²) >= 11 is 3.44. The first-order valence-electron chi connectivity index (χ1n) is 8.99. The highest BCUT2D eigenvalue weighted by Gasteiger charge is 2.29. The summed E-state index contributed by atoms with van der Waals surface area (Å²) in [6, 6.07) is 15.5. The van der Waals surface area contributed by atoms with Crippen LogP contribution in [-0.4, -0.2) is 34.6 Å². The van der Waals surface area contributed by atoms with Crippen molar-refractivity contribution in [2.24, 2.45) is 5.92 Å². The number of rotatable bonds is 5. The van der Waals surface area contributed by atoms with E-state index in [1.807, 2.05) is 53.1 Å². The van der Waals surface area contributed by atoms with Crippen molar-refractivity contribution in [2.45, 2.75) is 25.5 Å². The molecule has 2 heterocycles. The lowest BCUT2D eigenvalue weighted by Crippen LogP contribution is -2.15. The summed E-state index contributed by atoms with van der Waals surface area (Å²) in [5, 5.41) is 10.8. The predicted molar refractivity (Wildman–Crippen MR) is 109 cm³/mol. The Labute approximate surface area is 167 Å². The average molecular weight is 449 g/mol. The number of halogens is 1. The van der Waals surface area contributed by atoms with Crippen LogP contribution in [0.15, 0.2) is 53.0 Å². The van der Waals surface area contributed by atoms with Crippen LogP contribution in [0.25, 0.3) is 11.0 Å². The molecule has 1 aromatic heterocycles. The van der Waals surface area contributed by atoms with E-state index < -0.39 is 15.9 Å². The number of aromatic nitrogens is 2. The maximum Gasteiger partial charge on any atom is 0.150 e. The first-order valence-corrected chi connectivity index (χ1v) is 11.6. The second-order valence-corrected chi connectivity index (χ2v) is 10.3. The van der Waals surface area contributed by atoms with Gasteiger partial charge in [-0.2, -0.15) is 0 Å². The number of nitrogens with zero attached hydrogens (tertiary/aromatic N) is 2. The van der Waals surface area contributed by atoms with Crippen molar-refractivity contribution in [2.75, 3.05) is 11.5 Å². The molecular formula is C20H21BrN2O3S. The van der Waals surface area contributed by atoms with Crippen LogP contribution in [0, 0.1) is 5.92 Å². The Hall–Kier alpha value is -1.70. The van der Waals surface area contributed by atoms with Crippen molar-refractivity contribution in [1.82, 2.24) is 9.55 Å². The summed E-state index contributed by atoms with van der Waals surface area (Å²) in [5.41, 5.74) is 2.66. The SMILES string of the molecule is O=S1(=O)CC[C@@H](Cc2nc3ccccc3n2C[C@H](O)c2cccc(Br)c2)C1. The highest BCUT2D eigenvalue weighted by molar-refractivity contribution is 9.10. The Morgan fingerprint density at radius 1 is 1.22 bits per heavy atom. The van der Waals surface area contributed by atoms with Crippen molar-refractivity contribution < 1.29 is 13.5 Å². The second-order valence-electron chi connectivity index (χ2n) is 7.17. The smallest absolute Gasteiger partial charge is 0.150 e. The molecule has 142 valence electrons. The van der Waals surface area contributed by atoms with E-state index in [0.717, 1.165) is 26.9 Å². The Morgan fingerprint density at radius 3 is 2.78 bits per heavy atom. The topological polar surface area (TPSA) is 72.2 Å². The fourth-order valence-electron chi connectivity index (χ4n) is 3.77. The van der Waals surface area contributed by atoms with Gasteiger partial charge in [0.05, 0.1) is 35.2 Å². The lowest BCUT2D eigenvalue weighted by molar-refractivity contribution is 0.156. The Balaban J connectivity index is 1.66. The van der Waals surface area contributed by atoms with Crippen LogP contribution in [0.2, 0.25) is 0 Å². The summed E-state index contributed by atoms with van der Waals surface area (Å²) in [7, 11) is -2.92. The van der Waals surface area contributed by atoms with Gasteiger partial charge in [-0.25, -0.2) is 13.4 Å². The maximum atomic E-state index is 11.8. The Bertz CT molecular complexity index is 1080. The first kappa shape index (κ1) is 18.7. The summed E-state index contributed by atoms with van der Waals surface area (Å²) in [6.07, 6.45) is 0.616. The van der Waals surface area contributed by atoms with E-state index in [0.29, 0.717) is 19.4 Å². The van der Waals surface area contributed by atoms with E-state index in [4.69, 9.17) is 4.98 Å². The number of imidazole rings is 1. The molecule has 1 aliphatic heterocycles. The minimum atomic E-state index is -2.92. The molecular weight excluding hydrogens is 428 g/mol. The van der Waals surface area contributed by atoms with Gasteiger partial charge in [-0.05, 0) is 42.2 Å². The normalized spacial score (nSPS) is 20.1. The number of hydrogen-bond donors (Lipinski definition) is 1. The summed E-state index contributed by atoms with van der Waals surface area (Å²) in [6.45, 7) is 0.381. The highest BCUT2D eigenvalue weighted by Crippen LogP contribution is 2.27. The van der Waals surface area contributed by atoms with Crippen LogP contribution < -0.4 is 0 Å². The van der Waals surface area contributed by atoms with Crippen LogP contribution in [0.3, 0.4) is 0 Å². The lowest BCUT2D eigenvalue weighted by Gasteiger charge is -2.16. The molecule has 0 unspecified atom stereocenters. The van der Waals surface area contributed by atoms with E-state index in [2.05, 4.69) is 15.9 Å². The molecule has 4 rings (SSSR count). The third kappa shape index (κ3) is 4.10. The molecule has 0 aliphatic carbocycles. The quantitative estimate of drug-likeness (QED) is 0.647. The predicted octanol–water partition coefficient (Wildman–Crippen LogP) is 3.51. The number of fused-ring (bicyclic) bond motifs is 1. The third-order valence-corrected chi connectivity index (χ3v) is 7.45. The molecule has 0 spiro atoms. The number of sulfone groups is 1. The van der Waals surface area contributed by atoms with Gasteiger partial charge in [0.25, 0.3) is 0 Å². The first-order chi connectivity index (χ1) is 12.9. The molecule has 2 atom stereocenters. The van der Waals surface area contributed by atoms with Crippen molar-refractivity contribution in [3.05, 3.63) is 64.4 Å². The molecule has 0 radical (unpaired) electrons. The van der Waals surface area contributed by atoms with Gasteiger partial charge in [0.15, 0.2) is 9.84 Å². The summed E-state index contributed by atoms with van der Waals surface area (Å²) < 4.78 is 26.6. The number of aliphatic hydroxyl groups excluding tert-OH is 1. The Morgan fingerprint density at radius 2 is 2.04 bits per heavy atom. The van der Waals surface area contributed by atoms with Gasteiger partial charge in [0.1, 0.15) is 5.82 Å². The molecule has 0 amide bonds. The summed E-state index contributed by atoms with van der Waals surface area (Å²) in [4.78, 5) is 4.74. The minimum absolute atomic E-state index is 0.0913. The van der Waals surface area contributed by atoms with Crippen molar-refractivity contribution in [3.8, 4) is 0 Å². The fourth-order valence-corrected chi connectivity index (χ4v) is 6.05. The zero-order valence-corrected chi connectivity index (χ0v) is 17.2. The van der Waals surface area contributed by atoms with E-state index in [9.17, 15) is 13.5 Å². The zero-order chi connectivity index (χ0) is 19.0. The molecule has 1 aliphatic rings. The molecule has 0 bridgehead atoms. The molecule has 3 aromatic rings. The van der Waals surface area contributed by atoms with Gasteiger partial charge in [0.2, 0.25) is 0 Å². The average Bonchev–Trinajstić information content (AvgIpc) is 3.15. The molecule has 2 aromatic carbocycles. The minimum Gasteiger partial charge on any atom is -0.387 e.